The van der Waals surface area contributed by atoms with Crippen LogP contribution in [0.15, 0.2) is 24.5 Å². The predicted octanol–water partition coefficient (Wildman–Crippen LogP) is 4.08. The molecule has 3 aliphatic heterocycles. The summed E-state index contributed by atoms with van der Waals surface area (Å²) in [5.74, 6) is 1.69. The van der Waals surface area contributed by atoms with E-state index in [0.717, 1.165) is 58.1 Å². The van der Waals surface area contributed by atoms with Crippen LogP contribution in [-0.4, -0.2) is 77.0 Å². The van der Waals surface area contributed by atoms with E-state index in [9.17, 15) is 4.79 Å². The van der Waals surface area contributed by atoms with Gasteiger partial charge >= 0.3 is 0 Å². The number of piperidine rings is 1. The first kappa shape index (κ1) is 21.7. The minimum absolute atomic E-state index is 0.0539. The van der Waals surface area contributed by atoms with E-state index in [-0.39, 0.29) is 5.91 Å². The zero-order valence-electron chi connectivity index (χ0n) is 20.0. The number of likely N-dealkylation sites (N-methyl/N-ethyl adjacent to an activating group) is 1. The summed E-state index contributed by atoms with van der Waals surface area (Å²) in [5.41, 5.74) is 3.18. The second-order valence-corrected chi connectivity index (χ2v) is 11.1. The maximum atomic E-state index is 12.9. The Balaban J connectivity index is 1.25. The number of nitrogens with one attached hydrogen (secondary N) is 1. The number of rotatable bonds is 5. The highest BCUT2D eigenvalue weighted by Gasteiger charge is 2.42. The summed E-state index contributed by atoms with van der Waals surface area (Å²) in [4.78, 5) is 34.4. The lowest BCUT2D eigenvalue weighted by atomic mass is 9.88. The molecule has 0 aromatic carbocycles. The number of pyridine rings is 1. The zero-order valence-corrected chi connectivity index (χ0v) is 20.8. The number of anilines is 3. The lowest BCUT2D eigenvalue weighted by Crippen LogP contribution is -2.67. The Kier molecular flexibility index (Phi) is 5.41. The highest BCUT2D eigenvalue weighted by atomic mass is 32.1. The van der Waals surface area contributed by atoms with Gasteiger partial charge < -0.3 is 15.1 Å². The molecule has 178 valence electrons. The Morgan fingerprint density at radius 1 is 1.12 bits per heavy atom. The topological polar surface area (TPSA) is 77.5 Å². The van der Waals surface area contributed by atoms with Crippen molar-refractivity contribution in [1.29, 1.82) is 0 Å². The van der Waals surface area contributed by atoms with Crippen LogP contribution in [0.4, 0.5) is 17.5 Å². The van der Waals surface area contributed by atoms with Crippen LogP contribution in [0.5, 0.6) is 0 Å². The fraction of sp³-hybridized carbons (Fsp3) is 0.520. The average molecular weight is 478 g/mol. The molecule has 7 rings (SSSR count). The van der Waals surface area contributed by atoms with Crippen molar-refractivity contribution in [3.63, 3.8) is 0 Å². The first-order valence-electron chi connectivity index (χ1n) is 12.2. The minimum Gasteiger partial charge on any atom is -0.367 e. The van der Waals surface area contributed by atoms with Crippen molar-refractivity contribution >= 4 is 44.9 Å². The molecule has 3 aromatic heterocycles. The van der Waals surface area contributed by atoms with E-state index in [1.807, 2.05) is 32.6 Å². The van der Waals surface area contributed by atoms with Crippen LogP contribution < -0.4 is 10.2 Å². The third kappa shape index (κ3) is 3.71. The summed E-state index contributed by atoms with van der Waals surface area (Å²) < 4.78 is 0.967. The molecule has 2 unspecified atom stereocenters. The molecule has 3 saturated heterocycles. The van der Waals surface area contributed by atoms with Crippen LogP contribution in [0.25, 0.3) is 10.2 Å². The Bertz CT molecular complexity index is 1210. The van der Waals surface area contributed by atoms with Crippen molar-refractivity contribution in [3.05, 3.63) is 35.0 Å². The van der Waals surface area contributed by atoms with E-state index < -0.39 is 0 Å². The molecule has 4 aliphatic rings. The molecule has 34 heavy (non-hydrogen) atoms. The van der Waals surface area contributed by atoms with Crippen LogP contribution in [-0.2, 0) is 0 Å². The Hall–Kier alpha value is -2.78. The summed E-state index contributed by atoms with van der Waals surface area (Å²) in [6.45, 7) is 2.13. The van der Waals surface area contributed by atoms with Gasteiger partial charge in [0.1, 0.15) is 5.82 Å². The van der Waals surface area contributed by atoms with Gasteiger partial charge in [-0.25, -0.2) is 15.0 Å². The van der Waals surface area contributed by atoms with Crippen LogP contribution in [0.2, 0.25) is 0 Å². The van der Waals surface area contributed by atoms with Crippen LogP contribution in [0.3, 0.4) is 0 Å². The zero-order chi connectivity index (χ0) is 23.4. The molecule has 8 nitrogen and oxygen atoms in total. The van der Waals surface area contributed by atoms with Crippen molar-refractivity contribution < 1.29 is 4.79 Å². The first-order chi connectivity index (χ1) is 16.5. The second kappa shape index (κ2) is 8.46. The Morgan fingerprint density at radius 3 is 2.53 bits per heavy atom. The standard InChI is InChI=1S/C25H31N7OS/c1-30(2)24(33)23-21(15-6-4-5-7-15)22-19(34-23)12-27-25(29-22)28-20-9-8-16(11-26-20)32-13-17-10-18(14-32)31(17)3/h8-9,11-12,15,17-18H,4-7,10,13-14H2,1-3H3,(H,26,27,28,29). The molecule has 0 spiro atoms. The minimum atomic E-state index is 0.0539. The summed E-state index contributed by atoms with van der Waals surface area (Å²) in [6.07, 6.45) is 9.73. The third-order valence-corrected chi connectivity index (χ3v) is 8.86. The molecule has 2 atom stereocenters. The number of fused-ring (bicyclic) bond motifs is 3. The number of thiophene rings is 1. The number of carbonyl (C=O) groups excluding carboxylic acids is 1. The number of aromatic nitrogens is 3. The van der Waals surface area contributed by atoms with Crippen LogP contribution in [0.1, 0.15) is 53.3 Å². The van der Waals surface area contributed by atoms with Gasteiger partial charge in [0.15, 0.2) is 0 Å². The first-order valence-corrected chi connectivity index (χ1v) is 13.0. The number of piperazine rings is 1. The van der Waals surface area contributed by atoms with E-state index in [4.69, 9.17) is 4.98 Å². The molecule has 4 fully saturated rings. The fourth-order valence-electron chi connectivity index (χ4n) is 5.70. The van der Waals surface area contributed by atoms with Crippen molar-refractivity contribution in [2.75, 3.05) is 44.4 Å². The van der Waals surface area contributed by atoms with Crippen LogP contribution in [0, 0.1) is 0 Å². The van der Waals surface area contributed by atoms with Gasteiger partial charge in [0.25, 0.3) is 5.91 Å². The molecule has 1 N–H and O–H groups in total. The van der Waals surface area contributed by atoms with Gasteiger partial charge in [0, 0.05) is 44.8 Å². The normalized spacial score (nSPS) is 22.7. The maximum Gasteiger partial charge on any atom is 0.263 e. The summed E-state index contributed by atoms with van der Waals surface area (Å²) in [5, 5.41) is 3.28. The van der Waals surface area contributed by atoms with Crippen molar-refractivity contribution in [1.82, 2.24) is 24.8 Å². The predicted molar refractivity (Wildman–Crippen MR) is 136 cm³/mol. The lowest BCUT2D eigenvalue weighted by molar-refractivity contribution is 0.0264. The highest BCUT2D eigenvalue weighted by molar-refractivity contribution is 7.21. The summed E-state index contributed by atoms with van der Waals surface area (Å²) in [7, 11) is 5.85. The van der Waals surface area contributed by atoms with Gasteiger partial charge in [0.2, 0.25) is 5.95 Å². The van der Waals surface area contributed by atoms with Gasteiger partial charge in [-0.15, -0.1) is 11.3 Å². The lowest BCUT2D eigenvalue weighted by Gasteiger charge is -2.55. The van der Waals surface area contributed by atoms with Crippen molar-refractivity contribution in [2.45, 2.75) is 50.1 Å². The highest BCUT2D eigenvalue weighted by Crippen LogP contribution is 2.43. The molecule has 1 amide bonds. The molecule has 2 bridgehead atoms. The van der Waals surface area contributed by atoms with Gasteiger partial charge in [-0.2, -0.15) is 0 Å². The SMILES string of the molecule is CN(C)C(=O)c1sc2cnc(Nc3ccc(N4CC5CC(C4)N5C)cn3)nc2c1C1CCCC1. The number of hydrogen-bond acceptors (Lipinski definition) is 8. The molecule has 6 heterocycles. The maximum absolute atomic E-state index is 12.9. The number of amides is 1. The van der Waals surface area contributed by atoms with Gasteiger partial charge in [-0.1, -0.05) is 12.8 Å². The average Bonchev–Trinajstić information content (AvgIpc) is 3.51. The number of hydrogen-bond donors (Lipinski definition) is 1. The summed E-state index contributed by atoms with van der Waals surface area (Å²) >= 11 is 1.52. The monoisotopic (exact) mass is 477 g/mol. The summed E-state index contributed by atoms with van der Waals surface area (Å²) in [6, 6.07) is 5.46. The quantitative estimate of drug-likeness (QED) is 0.593. The molecule has 0 radical (unpaired) electrons. The smallest absolute Gasteiger partial charge is 0.263 e. The Morgan fingerprint density at radius 2 is 1.88 bits per heavy atom. The Labute approximate surface area is 204 Å². The molecule has 3 aromatic rings. The van der Waals surface area contributed by atoms with Gasteiger partial charge in [-0.3, -0.25) is 9.69 Å². The van der Waals surface area contributed by atoms with E-state index >= 15 is 0 Å². The second-order valence-electron chi connectivity index (χ2n) is 10.1. The number of carbonyl (C=O) groups is 1. The third-order valence-electron chi connectivity index (χ3n) is 7.74. The molecular weight excluding hydrogens is 446 g/mol. The van der Waals surface area contributed by atoms with E-state index in [0.29, 0.717) is 23.9 Å². The van der Waals surface area contributed by atoms with E-state index in [2.05, 4.69) is 38.2 Å². The largest absolute Gasteiger partial charge is 0.367 e. The number of nitrogens with zero attached hydrogens (tertiary/aromatic N) is 6. The molecular formula is C25H31N7OS. The molecule has 9 heteroatoms. The fourth-order valence-corrected chi connectivity index (χ4v) is 6.92. The van der Waals surface area contributed by atoms with Gasteiger partial charge in [0.05, 0.1) is 33.2 Å². The van der Waals surface area contributed by atoms with Crippen molar-refractivity contribution in [3.8, 4) is 0 Å². The van der Waals surface area contributed by atoms with Gasteiger partial charge in [-0.05, 0) is 44.4 Å². The van der Waals surface area contributed by atoms with Crippen molar-refractivity contribution in [2.24, 2.45) is 0 Å². The van der Waals surface area contributed by atoms with Crippen LogP contribution >= 0.6 is 11.3 Å². The molecule has 1 saturated carbocycles. The van der Waals surface area contributed by atoms with E-state index in [1.165, 1.54) is 30.6 Å². The van der Waals surface area contributed by atoms with E-state index in [1.54, 1.807) is 4.90 Å². The molecule has 1 aliphatic carbocycles.